The van der Waals surface area contributed by atoms with Crippen molar-refractivity contribution in [2.24, 2.45) is 0 Å². The number of hydrogen-bond donors (Lipinski definition) is 1. The maximum absolute atomic E-state index is 8.34. The van der Waals surface area contributed by atoms with Crippen LogP contribution in [0.15, 0.2) is 0 Å². The molecule has 5 heteroatoms. The molecule has 0 rings (SSSR count). The summed E-state index contributed by atoms with van der Waals surface area (Å²) in [5, 5.41) is 8.34. The largest absolute Gasteiger partial charge is 0.394 e. The van der Waals surface area contributed by atoms with Crippen molar-refractivity contribution in [2.75, 3.05) is 60.5 Å². The molecule has 5 nitrogen and oxygen atoms in total. The lowest BCUT2D eigenvalue weighted by atomic mass is 10.4. The first-order valence-corrected chi connectivity index (χ1v) is 6.07. The summed E-state index contributed by atoms with van der Waals surface area (Å²) in [7, 11) is 3.30. The Labute approximate surface area is 105 Å². The first-order valence-electron chi connectivity index (χ1n) is 6.07. The van der Waals surface area contributed by atoms with Crippen molar-refractivity contribution in [1.29, 1.82) is 0 Å². The number of hydrogen-bond acceptors (Lipinski definition) is 5. The molecule has 0 heterocycles. The van der Waals surface area contributed by atoms with E-state index in [4.69, 9.17) is 14.6 Å². The van der Waals surface area contributed by atoms with E-state index in [9.17, 15) is 0 Å². The second-order valence-corrected chi connectivity index (χ2v) is 3.29. The molecule has 0 radical (unpaired) electrons. The third-order valence-electron chi connectivity index (χ3n) is 1.74. The monoisotopic (exact) mass is 252 g/mol. The van der Waals surface area contributed by atoms with Gasteiger partial charge in [0.1, 0.15) is 0 Å². The van der Waals surface area contributed by atoms with Crippen LogP contribution in [0.3, 0.4) is 0 Å². The highest BCUT2D eigenvalue weighted by molar-refractivity contribution is 4.33. The number of rotatable bonds is 11. The number of ether oxygens (including phenoxy) is 4. The zero-order valence-electron chi connectivity index (χ0n) is 11.4. The molecule has 0 aromatic carbocycles. The maximum atomic E-state index is 8.34. The van der Waals surface area contributed by atoms with E-state index in [-0.39, 0.29) is 6.61 Å². The fourth-order valence-corrected chi connectivity index (χ4v) is 0.800. The predicted octanol–water partition coefficient (Wildman–Crippen LogP) is 1.09. The fourth-order valence-electron chi connectivity index (χ4n) is 0.800. The Bertz CT molecular complexity index is 99.1. The van der Waals surface area contributed by atoms with Crippen LogP contribution in [0.2, 0.25) is 0 Å². The van der Waals surface area contributed by atoms with Gasteiger partial charge in [0, 0.05) is 20.8 Å². The molecule has 0 aromatic rings. The summed E-state index contributed by atoms with van der Waals surface area (Å²) in [5.41, 5.74) is 0. The summed E-state index contributed by atoms with van der Waals surface area (Å²) < 4.78 is 19.5. The van der Waals surface area contributed by atoms with Gasteiger partial charge in [-0.2, -0.15) is 0 Å². The normalized spacial score (nSPS) is 9.88. The Kier molecular flexibility index (Phi) is 23.8. The van der Waals surface area contributed by atoms with Gasteiger partial charge in [0.15, 0.2) is 0 Å². The third kappa shape index (κ3) is 25.8. The lowest BCUT2D eigenvalue weighted by molar-refractivity contribution is 0.0324. The molecule has 0 bridgehead atoms. The minimum atomic E-state index is 0.0922. The van der Waals surface area contributed by atoms with Gasteiger partial charge in [-0.25, -0.2) is 0 Å². The standard InChI is InChI=1S/C8H18O3.C4H10O2/c1-2-3-5-10-7-8-11-6-4-9;1-5-3-4-6-2/h9H,2-8H2,1H3;3-4H2,1-2H3. The molecule has 0 aromatic heterocycles. The van der Waals surface area contributed by atoms with Crippen molar-refractivity contribution in [3.63, 3.8) is 0 Å². The Balaban J connectivity index is 0. The van der Waals surface area contributed by atoms with Crippen LogP contribution in [0.25, 0.3) is 0 Å². The number of aliphatic hydroxyl groups excluding tert-OH is 1. The van der Waals surface area contributed by atoms with Crippen LogP contribution >= 0.6 is 0 Å². The summed E-state index contributed by atoms with van der Waals surface area (Å²) >= 11 is 0. The molecule has 0 fully saturated rings. The topological polar surface area (TPSA) is 57.2 Å². The maximum Gasteiger partial charge on any atom is 0.0701 e. The van der Waals surface area contributed by atoms with Crippen molar-refractivity contribution >= 4 is 0 Å². The van der Waals surface area contributed by atoms with E-state index in [2.05, 4.69) is 16.4 Å². The molecule has 0 atom stereocenters. The van der Waals surface area contributed by atoms with Gasteiger partial charge in [-0.05, 0) is 6.42 Å². The van der Waals surface area contributed by atoms with Crippen molar-refractivity contribution in [3.05, 3.63) is 0 Å². The summed E-state index contributed by atoms with van der Waals surface area (Å²) in [5.74, 6) is 0. The second-order valence-electron chi connectivity index (χ2n) is 3.29. The van der Waals surface area contributed by atoms with Crippen molar-refractivity contribution in [1.82, 2.24) is 0 Å². The molecule has 1 N–H and O–H groups in total. The van der Waals surface area contributed by atoms with E-state index in [0.717, 1.165) is 19.4 Å². The molecule has 0 aliphatic rings. The van der Waals surface area contributed by atoms with Crippen LogP contribution in [0.5, 0.6) is 0 Å². The van der Waals surface area contributed by atoms with Gasteiger partial charge < -0.3 is 24.1 Å². The zero-order chi connectivity index (χ0) is 13.2. The average molecular weight is 252 g/mol. The van der Waals surface area contributed by atoms with Crippen molar-refractivity contribution in [3.8, 4) is 0 Å². The lowest BCUT2D eigenvalue weighted by Gasteiger charge is -2.02. The van der Waals surface area contributed by atoms with Gasteiger partial charge in [0.25, 0.3) is 0 Å². The Morgan fingerprint density at radius 1 is 0.765 bits per heavy atom. The third-order valence-corrected chi connectivity index (χ3v) is 1.74. The second kappa shape index (κ2) is 21.1. The van der Waals surface area contributed by atoms with Gasteiger partial charge in [-0.3, -0.25) is 0 Å². The van der Waals surface area contributed by atoms with E-state index >= 15 is 0 Å². The molecule has 0 unspecified atom stereocenters. The zero-order valence-corrected chi connectivity index (χ0v) is 11.4. The van der Waals surface area contributed by atoms with Gasteiger partial charge in [0.2, 0.25) is 0 Å². The highest BCUT2D eigenvalue weighted by Gasteiger charge is 1.87. The van der Waals surface area contributed by atoms with E-state index in [1.165, 1.54) is 0 Å². The Morgan fingerprint density at radius 2 is 1.29 bits per heavy atom. The lowest BCUT2D eigenvalue weighted by Crippen LogP contribution is -2.07. The molecule has 17 heavy (non-hydrogen) atoms. The molecule has 0 aliphatic carbocycles. The highest BCUT2D eigenvalue weighted by atomic mass is 16.5. The van der Waals surface area contributed by atoms with Crippen LogP contribution in [-0.4, -0.2) is 65.6 Å². The fraction of sp³-hybridized carbons (Fsp3) is 1.00. The minimum Gasteiger partial charge on any atom is -0.394 e. The first kappa shape index (κ1) is 19.1. The average Bonchev–Trinajstić information content (AvgIpc) is 2.36. The van der Waals surface area contributed by atoms with Crippen LogP contribution in [0.1, 0.15) is 19.8 Å². The van der Waals surface area contributed by atoms with Crippen LogP contribution in [0.4, 0.5) is 0 Å². The van der Waals surface area contributed by atoms with E-state index in [1.54, 1.807) is 14.2 Å². The quantitative estimate of drug-likeness (QED) is 0.558. The molecule has 0 saturated carbocycles. The minimum absolute atomic E-state index is 0.0922. The molecule has 0 spiro atoms. The Hall–Kier alpha value is -0.200. The van der Waals surface area contributed by atoms with Gasteiger partial charge in [0.05, 0.1) is 39.6 Å². The van der Waals surface area contributed by atoms with E-state index < -0.39 is 0 Å². The van der Waals surface area contributed by atoms with Gasteiger partial charge in [-0.15, -0.1) is 0 Å². The summed E-state index contributed by atoms with van der Waals surface area (Å²) in [4.78, 5) is 0. The molecule has 0 aliphatic heterocycles. The molecular formula is C12H28O5. The van der Waals surface area contributed by atoms with Gasteiger partial charge in [-0.1, -0.05) is 13.3 Å². The Morgan fingerprint density at radius 3 is 1.71 bits per heavy atom. The molecule has 0 saturated heterocycles. The first-order chi connectivity index (χ1) is 8.33. The van der Waals surface area contributed by atoms with Crippen molar-refractivity contribution in [2.45, 2.75) is 19.8 Å². The van der Waals surface area contributed by atoms with E-state index in [0.29, 0.717) is 33.0 Å². The summed E-state index contributed by atoms with van der Waals surface area (Å²) in [6, 6.07) is 0. The highest BCUT2D eigenvalue weighted by Crippen LogP contribution is 1.87. The smallest absolute Gasteiger partial charge is 0.0701 e. The SMILES string of the molecule is CCCCOCCOCCO.COCCOC. The van der Waals surface area contributed by atoms with Crippen LogP contribution in [0, 0.1) is 0 Å². The number of methoxy groups -OCH3 is 2. The summed E-state index contributed by atoms with van der Waals surface area (Å²) in [6.45, 7) is 6.06. The van der Waals surface area contributed by atoms with Crippen LogP contribution < -0.4 is 0 Å². The number of unbranched alkanes of at least 4 members (excludes halogenated alkanes) is 1. The number of aliphatic hydroxyl groups is 1. The van der Waals surface area contributed by atoms with Crippen LogP contribution in [-0.2, 0) is 18.9 Å². The predicted molar refractivity (Wildman–Crippen MR) is 67.4 cm³/mol. The molecule has 0 amide bonds. The summed E-state index contributed by atoms with van der Waals surface area (Å²) in [6.07, 6.45) is 2.28. The van der Waals surface area contributed by atoms with Gasteiger partial charge >= 0.3 is 0 Å². The van der Waals surface area contributed by atoms with Crippen molar-refractivity contribution < 1.29 is 24.1 Å². The molecular weight excluding hydrogens is 224 g/mol. The van der Waals surface area contributed by atoms with E-state index in [1.807, 2.05) is 0 Å². The molecule has 106 valence electrons.